The topological polar surface area (TPSA) is 58.6 Å². The Morgan fingerprint density at radius 2 is 2.05 bits per heavy atom. The van der Waals surface area contributed by atoms with Crippen LogP contribution in [0.25, 0.3) is 21.7 Å². The summed E-state index contributed by atoms with van der Waals surface area (Å²) in [5, 5.41) is 0.728. The van der Waals surface area contributed by atoms with Crippen LogP contribution in [0.15, 0.2) is 23.0 Å². The van der Waals surface area contributed by atoms with Crippen molar-refractivity contribution in [3.63, 3.8) is 0 Å². The van der Waals surface area contributed by atoms with E-state index >= 15 is 0 Å². The molecule has 0 unspecified atom stereocenters. The zero-order valence-electron chi connectivity index (χ0n) is 11.7. The summed E-state index contributed by atoms with van der Waals surface area (Å²) < 4.78 is 0. The van der Waals surface area contributed by atoms with E-state index in [9.17, 15) is 4.79 Å². The minimum absolute atomic E-state index is 0.0745. The van der Waals surface area contributed by atoms with Gasteiger partial charge in [0.15, 0.2) is 5.82 Å². The molecule has 0 fully saturated rings. The Kier molecular flexibility index (Phi) is 3.14. The van der Waals surface area contributed by atoms with E-state index in [1.165, 1.54) is 0 Å². The maximum absolute atomic E-state index is 12.3. The highest BCUT2D eigenvalue weighted by Crippen LogP contribution is 2.28. The first-order chi connectivity index (χ1) is 9.60. The summed E-state index contributed by atoms with van der Waals surface area (Å²) in [6.45, 7) is 6.02. The average molecular weight is 285 g/mol. The number of aryl methyl sites for hydroxylation is 3. The average Bonchev–Trinajstić information content (AvgIpc) is 2.74. The van der Waals surface area contributed by atoms with E-state index in [0.717, 1.165) is 32.8 Å². The van der Waals surface area contributed by atoms with Crippen LogP contribution in [0.1, 0.15) is 23.1 Å². The summed E-state index contributed by atoms with van der Waals surface area (Å²) in [4.78, 5) is 26.1. The Labute approximate surface area is 120 Å². The fraction of sp³-hybridized carbons (Fsp3) is 0.267. The minimum Gasteiger partial charge on any atom is -0.305 e. The predicted molar refractivity (Wildman–Crippen MR) is 82.3 cm³/mol. The summed E-state index contributed by atoms with van der Waals surface area (Å²) >= 11 is 1.57. The van der Waals surface area contributed by atoms with Crippen molar-refractivity contribution in [2.24, 2.45) is 0 Å². The van der Waals surface area contributed by atoms with Gasteiger partial charge in [0.05, 0.1) is 5.39 Å². The lowest BCUT2D eigenvalue weighted by atomic mass is 10.1. The molecule has 0 saturated carbocycles. The maximum Gasteiger partial charge on any atom is 0.260 e. The standard InChI is InChI=1S/C15H15N3OS/c1-4-10-9(3)20-15-12(10)14(19)17-13(18-15)11-7-5-6-8(2)16-11/h5-7H,4H2,1-3H3,(H,17,18,19). The van der Waals surface area contributed by atoms with E-state index in [1.54, 1.807) is 11.3 Å². The van der Waals surface area contributed by atoms with Gasteiger partial charge in [-0.3, -0.25) is 4.79 Å². The molecule has 5 heteroatoms. The summed E-state index contributed by atoms with van der Waals surface area (Å²) in [6, 6.07) is 5.70. The number of H-pyrrole nitrogens is 1. The molecule has 0 spiro atoms. The lowest BCUT2D eigenvalue weighted by Gasteiger charge is -2.01. The second kappa shape index (κ2) is 4.83. The fourth-order valence-corrected chi connectivity index (χ4v) is 3.51. The molecule has 3 heterocycles. The number of aromatic nitrogens is 3. The first-order valence-electron chi connectivity index (χ1n) is 6.56. The van der Waals surface area contributed by atoms with E-state index < -0.39 is 0 Å². The van der Waals surface area contributed by atoms with Gasteiger partial charge in [0.1, 0.15) is 10.5 Å². The van der Waals surface area contributed by atoms with Crippen LogP contribution in [0.4, 0.5) is 0 Å². The van der Waals surface area contributed by atoms with Crippen molar-refractivity contribution < 1.29 is 0 Å². The molecule has 0 aliphatic rings. The highest BCUT2D eigenvalue weighted by molar-refractivity contribution is 7.18. The number of hydrogen-bond acceptors (Lipinski definition) is 4. The van der Waals surface area contributed by atoms with E-state index in [1.807, 2.05) is 32.0 Å². The Bertz CT molecular complexity index is 848. The SMILES string of the molecule is CCc1c(C)sc2nc(-c3cccc(C)n3)[nH]c(=O)c12. The zero-order chi connectivity index (χ0) is 14.3. The van der Waals surface area contributed by atoms with Crippen molar-refractivity contribution >= 4 is 21.6 Å². The second-order valence-electron chi connectivity index (χ2n) is 4.75. The minimum atomic E-state index is -0.0745. The van der Waals surface area contributed by atoms with Crippen molar-refractivity contribution in [1.82, 2.24) is 15.0 Å². The normalized spacial score (nSPS) is 11.2. The number of nitrogens with zero attached hydrogens (tertiary/aromatic N) is 2. The number of pyridine rings is 1. The van der Waals surface area contributed by atoms with E-state index in [4.69, 9.17) is 0 Å². The quantitative estimate of drug-likeness (QED) is 0.786. The Morgan fingerprint density at radius 3 is 2.75 bits per heavy atom. The third-order valence-corrected chi connectivity index (χ3v) is 4.39. The lowest BCUT2D eigenvalue weighted by Crippen LogP contribution is -2.10. The largest absolute Gasteiger partial charge is 0.305 e. The zero-order valence-corrected chi connectivity index (χ0v) is 12.5. The molecular weight excluding hydrogens is 270 g/mol. The summed E-state index contributed by atoms with van der Waals surface area (Å²) in [6.07, 6.45) is 0.846. The van der Waals surface area contributed by atoms with Crippen molar-refractivity contribution in [3.8, 4) is 11.5 Å². The van der Waals surface area contributed by atoms with Gasteiger partial charge in [-0.1, -0.05) is 13.0 Å². The molecule has 102 valence electrons. The van der Waals surface area contributed by atoms with Gasteiger partial charge in [-0.2, -0.15) is 0 Å². The number of rotatable bonds is 2. The van der Waals surface area contributed by atoms with E-state index in [-0.39, 0.29) is 5.56 Å². The van der Waals surface area contributed by atoms with Crippen LogP contribution in [0.5, 0.6) is 0 Å². The van der Waals surface area contributed by atoms with Gasteiger partial charge < -0.3 is 4.98 Å². The third-order valence-electron chi connectivity index (χ3n) is 3.35. The van der Waals surface area contributed by atoms with Crippen LogP contribution in [0.3, 0.4) is 0 Å². The third kappa shape index (κ3) is 2.04. The van der Waals surface area contributed by atoms with Crippen LogP contribution in [-0.4, -0.2) is 15.0 Å². The molecule has 0 radical (unpaired) electrons. The monoisotopic (exact) mass is 285 g/mol. The highest BCUT2D eigenvalue weighted by atomic mass is 32.1. The summed E-state index contributed by atoms with van der Waals surface area (Å²) in [7, 11) is 0. The molecule has 0 aliphatic heterocycles. The molecule has 1 N–H and O–H groups in total. The van der Waals surface area contributed by atoms with Gasteiger partial charge in [-0.25, -0.2) is 9.97 Å². The molecule has 20 heavy (non-hydrogen) atoms. The van der Waals surface area contributed by atoms with Gasteiger partial charge in [-0.05, 0) is 38.0 Å². The molecule has 3 rings (SSSR count). The molecule has 0 aromatic carbocycles. The van der Waals surface area contributed by atoms with Gasteiger partial charge in [0.2, 0.25) is 0 Å². The first-order valence-corrected chi connectivity index (χ1v) is 7.38. The Hall–Kier alpha value is -2.01. The molecule has 4 nitrogen and oxygen atoms in total. The smallest absolute Gasteiger partial charge is 0.260 e. The molecule has 0 saturated heterocycles. The molecule has 3 aromatic rings. The van der Waals surface area contributed by atoms with Crippen LogP contribution >= 0.6 is 11.3 Å². The Morgan fingerprint density at radius 1 is 1.25 bits per heavy atom. The van der Waals surface area contributed by atoms with Gasteiger partial charge in [-0.15, -0.1) is 11.3 Å². The first kappa shape index (κ1) is 13.0. The fourth-order valence-electron chi connectivity index (χ4n) is 2.40. The highest BCUT2D eigenvalue weighted by Gasteiger charge is 2.14. The second-order valence-corrected chi connectivity index (χ2v) is 5.95. The van der Waals surface area contributed by atoms with Crippen LogP contribution in [0, 0.1) is 13.8 Å². The van der Waals surface area contributed by atoms with Crippen molar-refractivity contribution in [3.05, 3.63) is 44.7 Å². The van der Waals surface area contributed by atoms with Crippen molar-refractivity contribution in [1.29, 1.82) is 0 Å². The maximum atomic E-state index is 12.3. The number of fused-ring (bicyclic) bond motifs is 1. The van der Waals surface area contributed by atoms with Crippen LogP contribution in [-0.2, 0) is 6.42 Å². The van der Waals surface area contributed by atoms with Crippen molar-refractivity contribution in [2.75, 3.05) is 0 Å². The van der Waals surface area contributed by atoms with Crippen molar-refractivity contribution in [2.45, 2.75) is 27.2 Å². The molecule has 3 aromatic heterocycles. The molecule has 0 amide bonds. The summed E-state index contributed by atoms with van der Waals surface area (Å²) in [5.41, 5.74) is 2.63. The van der Waals surface area contributed by atoms with Crippen LogP contribution in [0.2, 0.25) is 0 Å². The summed E-state index contributed by atoms with van der Waals surface area (Å²) in [5.74, 6) is 0.537. The molecule has 0 atom stereocenters. The van der Waals surface area contributed by atoms with E-state index in [2.05, 4.69) is 21.9 Å². The molecule has 0 bridgehead atoms. The number of aromatic amines is 1. The number of nitrogens with one attached hydrogen (secondary N) is 1. The molecule has 0 aliphatic carbocycles. The predicted octanol–water partition coefficient (Wildman–Crippen LogP) is 3.23. The molecular formula is C15H15N3OS. The van der Waals surface area contributed by atoms with Crippen LogP contribution < -0.4 is 5.56 Å². The van der Waals surface area contributed by atoms with Gasteiger partial charge >= 0.3 is 0 Å². The number of hydrogen-bond donors (Lipinski definition) is 1. The van der Waals surface area contributed by atoms with E-state index in [0.29, 0.717) is 11.5 Å². The lowest BCUT2D eigenvalue weighted by molar-refractivity contribution is 1.10. The Balaban J connectivity index is 2.28. The van der Waals surface area contributed by atoms with Gasteiger partial charge in [0, 0.05) is 10.6 Å². The van der Waals surface area contributed by atoms with Gasteiger partial charge in [0.25, 0.3) is 5.56 Å². The number of thiophene rings is 1.